The Balaban J connectivity index is 1.76. The number of halogens is 2. The molecule has 0 aliphatic carbocycles. The van der Waals surface area contributed by atoms with Gasteiger partial charge in [0.15, 0.2) is 11.5 Å². The summed E-state index contributed by atoms with van der Waals surface area (Å²) in [6, 6.07) is 17.6. The molecule has 0 saturated carbocycles. The monoisotopic (exact) mass is 354 g/mol. The number of rotatable bonds is 7. The Bertz CT molecular complexity index is 895. The Kier molecular flexibility index (Phi) is 5.59. The third-order valence-corrected chi connectivity index (χ3v) is 3.74. The molecule has 0 bridgehead atoms. The molecule has 3 nitrogen and oxygen atoms in total. The average Bonchev–Trinajstić information content (AvgIpc) is 2.67. The first-order chi connectivity index (χ1) is 12.7. The number of hydrogen-bond donors (Lipinski definition) is 0. The third-order valence-electron chi connectivity index (χ3n) is 3.74. The Morgan fingerprint density at radius 1 is 0.808 bits per heavy atom. The fourth-order valence-electron chi connectivity index (χ4n) is 2.36. The van der Waals surface area contributed by atoms with Crippen LogP contribution >= 0.6 is 0 Å². The second kappa shape index (κ2) is 8.25. The van der Waals surface area contributed by atoms with Gasteiger partial charge in [-0.2, -0.15) is 0 Å². The van der Waals surface area contributed by atoms with Crippen LogP contribution in [0.4, 0.5) is 8.78 Å². The summed E-state index contributed by atoms with van der Waals surface area (Å²) in [5.74, 6) is -0.578. The molecule has 0 spiro atoms. The van der Waals surface area contributed by atoms with Crippen molar-refractivity contribution in [3.63, 3.8) is 0 Å². The van der Waals surface area contributed by atoms with Crippen molar-refractivity contribution in [3.05, 3.63) is 95.1 Å². The largest absolute Gasteiger partial charge is 0.485 e. The Labute approximate surface area is 149 Å². The molecule has 3 rings (SSSR count). The highest BCUT2D eigenvalue weighted by Crippen LogP contribution is 2.30. The van der Waals surface area contributed by atoms with Crippen LogP contribution in [0.2, 0.25) is 0 Å². The SMILES string of the molecule is O=Cc1ccc(OCc2ccc(F)cc2F)c(OCc2ccccc2)c1. The van der Waals surface area contributed by atoms with E-state index in [1.165, 1.54) is 12.1 Å². The van der Waals surface area contributed by atoms with Gasteiger partial charge in [0.1, 0.15) is 31.1 Å². The van der Waals surface area contributed by atoms with E-state index in [1.807, 2.05) is 30.3 Å². The van der Waals surface area contributed by atoms with Gasteiger partial charge in [-0.1, -0.05) is 30.3 Å². The van der Waals surface area contributed by atoms with Gasteiger partial charge in [-0.05, 0) is 35.9 Å². The van der Waals surface area contributed by atoms with Crippen LogP contribution in [-0.4, -0.2) is 6.29 Å². The number of hydrogen-bond acceptors (Lipinski definition) is 3. The van der Waals surface area contributed by atoms with Gasteiger partial charge in [-0.3, -0.25) is 4.79 Å². The van der Waals surface area contributed by atoms with Crippen LogP contribution in [0.25, 0.3) is 0 Å². The zero-order valence-electron chi connectivity index (χ0n) is 13.8. The van der Waals surface area contributed by atoms with Crippen molar-refractivity contribution >= 4 is 6.29 Å². The number of carbonyl (C=O) groups is 1. The van der Waals surface area contributed by atoms with Crippen molar-refractivity contribution in [3.8, 4) is 11.5 Å². The van der Waals surface area contributed by atoms with Crippen LogP contribution in [-0.2, 0) is 13.2 Å². The van der Waals surface area contributed by atoms with Crippen molar-refractivity contribution in [2.24, 2.45) is 0 Å². The maximum absolute atomic E-state index is 13.7. The molecule has 0 aromatic heterocycles. The first-order valence-corrected chi connectivity index (χ1v) is 7.98. The Morgan fingerprint density at radius 2 is 1.58 bits per heavy atom. The number of carbonyl (C=O) groups excluding carboxylic acids is 1. The summed E-state index contributed by atoms with van der Waals surface area (Å²) in [5, 5.41) is 0. The van der Waals surface area contributed by atoms with E-state index in [1.54, 1.807) is 18.2 Å². The summed E-state index contributed by atoms with van der Waals surface area (Å²) in [7, 11) is 0. The average molecular weight is 354 g/mol. The molecule has 0 atom stereocenters. The second-order valence-electron chi connectivity index (χ2n) is 5.62. The maximum Gasteiger partial charge on any atom is 0.162 e. The van der Waals surface area contributed by atoms with E-state index in [0.717, 1.165) is 11.6 Å². The Hall–Kier alpha value is -3.21. The molecule has 26 heavy (non-hydrogen) atoms. The van der Waals surface area contributed by atoms with Crippen molar-refractivity contribution in [2.45, 2.75) is 13.2 Å². The minimum atomic E-state index is -0.679. The summed E-state index contributed by atoms with van der Waals surface area (Å²) in [4.78, 5) is 11.0. The number of benzene rings is 3. The molecule has 0 amide bonds. The highest BCUT2D eigenvalue weighted by atomic mass is 19.1. The van der Waals surface area contributed by atoms with Gasteiger partial charge in [-0.15, -0.1) is 0 Å². The normalized spacial score (nSPS) is 10.4. The van der Waals surface area contributed by atoms with E-state index >= 15 is 0 Å². The lowest BCUT2D eigenvalue weighted by Crippen LogP contribution is -2.03. The zero-order chi connectivity index (χ0) is 18.4. The van der Waals surface area contributed by atoms with Crippen LogP contribution < -0.4 is 9.47 Å². The van der Waals surface area contributed by atoms with Gasteiger partial charge in [0.05, 0.1) is 0 Å². The van der Waals surface area contributed by atoms with E-state index in [4.69, 9.17) is 9.47 Å². The van der Waals surface area contributed by atoms with Crippen molar-refractivity contribution in [1.82, 2.24) is 0 Å². The van der Waals surface area contributed by atoms with E-state index < -0.39 is 11.6 Å². The highest BCUT2D eigenvalue weighted by Gasteiger charge is 2.10. The molecular weight excluding hydrogens is 338 g/mol. The van der Waals surface area contributed by atoms with E-state index in [2.05, 4.69) is 0 Å². The van der Waals surface area contributed by atoms with Gasteiger partial charge >= 0.3 is 0 Å². The summed E-state index contributed by atoms with van der Waals surface area (Å²) >= 11 is 0. The predicted octanol–water partition coefficient (Wildman–Crippen LogP) is 4.94. The van der Waals surface area contributed by atoms with E-state index in [9.17, 15) is 13.6 Å². The zero-order valence-corrected chi connectivity index (χ0v) is 13.8. The molecule has 3 aromatic carbocycles. The van der Waals surface area contributed by atoms with Crippen LogP contribution in [0.1, 0.15) is 21.5 Å². The molecule has 3 aromatic rings. The van der Waals surface area contributed by atoms with Crippen molar-refractivity contribution in [1.29, 1.82) is 0 Å². The number of aldehydes is 1. The smallest absolute Gasteiger partial charge is 0.162 e. The fraction of sp³-hybridized carbons (Fsp3) is 0.0952. The predicted molar refractivity (Wildman–Crippen MR) is 93.3 cm³/mol. The first kappa shape index (κ1) is 17.6. The lowest BCUT2D eigenvalue weighted by molar-refractivity contribution is 0.112. The lowest BCUT2D eigenvalue weighted by Gasteiger charge is -2.14. The minimum Gasteiger partial charge on any atom is -0.485 e. The summed E-state index contributed by atoms with van der Waals surface area (Å²) in [6.07, 6.45) is 0.707. The van der Waals surface area contributed by atoms with Crippen molar-refractivity contribution < 1.29 is 23.0 Å². The molecule has 0 fully saturated rings. The van der Waals surface area contributed by atoms with Crippen LogP contribution in [0.3, 0.4) is 0 Å². The minimum absolute atomic E-state index is 0.0890. The van der Waals surface area contributed by atoms with Gasteiger partial charge in [0, 0.05) is 17.2 Å². The molecule has 132 valence electrons. The van der Waals surface area contributed by atoms with Gasteiger partial charge in [-0.25, -0.2) is 8.78 Å². The third kappa shape index (κ3) is 4.45. The molecule has 0 radical (unpaired) electrons. The molecule has 5 heteroatoms. The topological polar surface area (TPSA) is 35.5 Å². The fourth-order valence-corrected chi connectivity index (χ4v) is 2.36. The molecule has 0 unspecified atom stereocenters. The Morgan fingerprint density at radius 3 is 2.31 bits per heavy atom. The molecule has 0 aliphatic rings. The molecule has 0 N–H and O–H groups in total. The first-order valence-electron chi connectivity index (χ1n) is 7.98. The molecule has 0 heterocycles. The second-order valence-corrected chi connectivity index (χ2v) is 5.62. The molecule has 0 saturated heterocycles. The van der Waals surface area contributed by atoms with Crippen molar-refractivity contribution in [2.75, 3.05) is 0 Å². The quantitative estimate of drug-likeness (QED) is 0.564. The van der Waals surface area contributed by atoms with E-state index in [0.29, 0.717) is 30.0 Å². The maximum atomic E-state index is 13.7. The van der Waals surface area contributed by atoms with Crippen LogP contribution in [0, 0.1) is 11.6 Å². The lowest BCUT2D eigenvalue weighted by atomic mass is 10.2. The summed E-state index contributed by atoms with van der Waals surface area (Å²) in [6.45, 7) is 0.207. The van der Waals surface area contributed by atoms with Crippen LogP contribution in [0.15, 0.2) is 66.7 Å². The standard InChI is InChI=1S/C21H16F2O3/c22-18-8-7-17(19(23)11-18)14-26-20-9-6-16(12-24)10-21(20)25-13-15-4-2-1-3-5-15/h1-12H,13-14H2. The van der Waals surface area contributed by atoms with Gasteiger partial charge in [0.25, 0.3) is 0 Å². The highest BCUT2D eigenvalue weighted by molar-refractivity contribution is 5.76. The number of ether oxygens (including phenoxy) is 2. The van der Waals surface area contributed by atoms with Gasteiger partial charge in [0.2, 0.25) is 0 Å². The summed E-state index contributed by atoms with van der Waals surface area (Å²) in [5.41, 5.74) is 1.62. The summed E-state index contributed by atoms with van der Waals surface area (Å²) < 4.78 is 38.1. The van der Waals surface area contributed by atoms with E-state index in [-0.39, 0.29) is 12.2 Å². The molecule has 0 aliphatic heterocycles. The van der Waals surface area contributed by atoms with Gasteiger partial charge < -0.3 is 9.47 Å². The van der Waals surface area contributed by atoms with Crippen LogP contribution in [0.5, 0.6) is 11.5 Å². The molecular formula is C21H16F2O3.